The van der Waals surface area contributed by atoms with Crippen molar-refractivity contribution in [3.05, 3.63) is 28.2 Å². The van der Waals surface area contributed by atoms with Gasteiger partial charge in [0.15, 0.2) is 0 Å². The van der Waals surface area contributed by atoms with E-state index in [1.54, 1.807) is 6.07 Å². The first kappa shape index (κ1) is 13.3. The predicted molar refractivity (Wildman–Crippen MR) is 74.3 cm³/mol. The summed E-state index contributed by atoms with van der Waals surface area (Å²) in [6.45, 7) is 2.67. The molecule has 2 rings (SSSR count). The minimum Gasteiger partial charge on any atom is -0.378 e. The molecule has 0 amide bonds. The average molecular weight is 310 g/mol. The van der Waals surface area contributed by atoms with Crippen LogP contribution in [0.2, 0.25) is 0 Å². The minimum absolute atomic E-state index is 0.103. The highest BCUT2D eigenvalue weighted by atomic mass is 79.9. The van der Waals surface area contributed by atoms with Crippen molar-refractivity contribution < 1.29 is 4.74 Å². The van der Waals surface area contributed by atoms with Crippen molar-refractivity contribution >= 4 is 21.6 Å². The number of nitrogens with one attached hydrogen (secondary N) is 1. The monoisotopic (exact) mass is 309 g/mol. The van der Waals surface area contributed by atoms with Crippen molar-refractivity contribution in [3.63, 3.8) is 0 Å². The van der Waals surface area contributed by atoms with Gasteiger partial charge in [-0.25, -0.2) is 0 Å². The molecule has 3 unspecified atom stereocenters. The topological polar surface area (TPSA) is 71.1 Å². The number of nitrogens with two attached hydrogens (primary N) is 1. The maximum Gasteiger partial charge on any atom is 0.0992 e. The lowest BCUT2D eigenvalue weighted by atomic mass is 9.83. The highest BCUT2D eigenvalue weighted by Crippen LogP contribution is 2.28. The van der Waals surface area contributed by atoms with Gasteiger partial charge in [-0.2, -0.15) is 5.26 Å². The van der Waals surface area contributed by atoms with E-state index in [-0.39, 0.29) is 18.2 Å². The summed E-state index contributed by atoms with van der Waals surface area (Å²) in [6.07, 6.45) is 1.04. The van der Waals surface area contributed by atoms with Crippen molar-refractivity contribution in [1.29, 1.82) is 5.26 Å². The van der Waals surface area contributed by atoms with Crippen molar-refractivity contribution in [3.8, 4) is 6.07 Å². The molecule has 5 heteroatoms. The van der Waals surface area contributed by atoms with Crippen LogP contribution in [-0.2, 0) is 4.74 Å². The number of halogens is 1. The van der Waals surface area contributed by atoms with Crippen LogP contribution in [0, 0.1) is 11.3 Å². The zero-order valence-corrected chi connectivity index (χ0v) is 11.8. The van der Waals surface area contributed by atoms with Gasteiger partial charge in [0.1, 0.15) is 0 Å². The van der Waals surface area contributed by atoms with Crippen LogP contribution in [-0.4, -0.2) is 24.8 Å². The largest absolute Gasteiger partial charge is 0.378 e. The van der Waals surface area contributed by atoms with Crippen molar-refractivity contribution in [1.82, 2.24) is 0 Å². The minimum atomic E-state index is 0.103. The van der Waals surface area contributed by atoms with Gasteiger partial charge in [0.25, 0.3) is 0 Å². The van der Waals surface area contributed by atoms with Crippen LogP contribution in [0.25, 0.3) is 0 Å². The Kier molecular flexibility index (Phi) is 4.23. The molecule has 0 spiro atoms. The van der Waals surface area contributed by atoms with Crippen molar-refractivity contribution in [2.45, 2.75) is 31.5 Å². The fraction of sp³-hybridized carbons (Fsp3) is 0.462. The molecule has 3 atom stereocenters. The third kappa shape index (κ3) is 2.83. The first-order chi connectivity index (χ1) is 8.63. The third-order valence-corrected chi connectivity index (χ3v) is 3.57. The number of hydrogen-bond donors (Lipinski definition) is 2. The molecule has 1 fully saturated rings. The summed E-state index contributed by atoms with van der Waals surface area (Å²) in [5.41, 5.74) is 7.49. The first-order valence-electron chi connectivity index (χ1n) is 5.98. The Morgan fingerprint density at radius 1 is 1.56 bits per heavy atom. The molecule has 18 heavy (non-hydrogen) atoms. The van der Waals surface area contributed by atoms with E-state index in [0.29, 0.717) is 12.2 Å². The second-order valence-electron chi connectivity index (χ2n) is 4.40. The van der Waals surface area contributed by atoms with Gasteiger partial charge < -0.3 is 15.8 Å². The normalized spacial score (nSPS) is 26.2. The molecule has 0 aromatic heterocycles. The Morgan fingerprint density at radius 3 is 2.94 bits per heavy atom. The van der Waals surface area contributed by atoms with Crippen LogP contribution < -0.4 is 11.1 Å². The lowest BCUT2D eigenvalue weighted by Crippen LogP contribution is -2.60. The molecule has 1 aromatic rings. The van der Waals surface area contributed by atoms with Gasteiger partial charge in [-0.1, -0.05) is 15.9 Å². The van der Waals surface area contributed by atoms with Crippen molar-refractivity contribution in [2.24, 2.45) is 5.73 Å². The van der Waals surface area contributed by atoms with Crippen LogP contribution in [0.15, 0.2) is 22.7 Å². The van der Waals surface area contributed by atoms with Gasteiger partial charge in [-0.15, -0.1) is 0 Å². The second kappa shape index (κ2) is 5.70. The molecule has 0 heterocycles. The molecule has 3 N–H and O–H groups in total. The number of anilines is 1. The summed E-state index contributed by atoms with van der Waals surface area (Å²) < 4.78 is 6.48. The van der Waals surface area contributed by atoms with Crippen molar-refractivity contribution in [2.75, 3.05) is 11.9 Å². The summed E-state index contributed by atoms with van der Waals surface area (Å²) in [4.78, 5) is 0. The van der Waals surface area contributed by atoms with Gasteiger partial charge in [0, 0.05) is 22.8 Å². The van der Waals surface area contributed by atoms with Gasteiger partial charge >= 0.3 is 0 Å². The predicted octanol–water partition coefficient (Wildman–Crippen LogP) is 2.24. The van der Waals surface area contributed by atoms with Gasteiger partial charge in [0.05, 0.1) is 23.8 Å². The maximum absolute atomic E-state index is 8.93. The molecule has 96 valence electrons. The summed E-state index contributed by atoms with van der Waals surface area (Å²) in [5, 5.41) is 12.3. The molecule has 4 nitrogen and oxygen atoms in total. The molecule has 0 radical (unpaired) electrons. The zero-order chi connectivity index (χ0) is 13.1. The molecule has 0 saturated heterocycles. The van der Waals surface area contributed by atoms with Crippen LogP contribution in [0.3, 0.4) is 0 Å². The fourth-order valence-electron chi connectivity index (χ4n) is 2.16. The number of hydrogen-bond acceptors (Lipinski definition) is 4. The highest BCUT2D eigenvalue weighted by molar-refractivity contribution is 9.10. The molecule has 1 saturated carbocycles. The van der Waals surface area contributed by atoms with Gasteiger partial charge in [0.2, 0.25) is 0 Å². The SMILES string of the molecule is CCOC1CC(N)C1Nc1cc(Br)cc(C#N)c1. The van der Waals surface area contributed by atoms with E-state index in [1.165, 1.54) is 0 Å². The van der Waals surface area contributed by atoms with E-state index >= 15 is 0 Å². The van der Waals surface area contributed by atoms with E-state index in [9.17, 15) is 0 Å². The van der Waals surface area contributed by atoms with Gasteiger partial charge in [-0.3, -0.25) is 0 Å². The molecule has 1 aromatic carbocycles. The first-order valence-corrected chi connectivity index (χ1v) is 6.77. The van der Waals surface area contributed by atoms with Crippen LogP contribution in [0.4, 0.5) is 5.69 Å². The molecule has 0 bridgehead atoms. The Hall–Kier alpha value is -1.09. The van der Waals surface area contributed by atoms with Crippen LogP contribution >= 0.6 is 15.9 Å². The summed E-state index contributed by atoms with van der Waals surface area (Å²) >= 11 is 3.39. The number of nitriles is 1. The fourth-order valence-corrected chi connectivity index (χ4v) is 2.65. The summed E-state index contributed by atoms with van der Waals surface area (Å²) in [6, 6.07) is 7.89. The highest BCUT2D eigenvalue weighted by Gasteiger charge is 2.39. The molecule has 1 aliphatic rings. The summed E-state index contributed by atoms with van der Waals surface area (Å²) in [7, 11) is 0. The molecule has 0 aliphatic heterocycles. The molecular weight excluding hydrogens is 294 g/mol. The second-order valence-corrected chi connectivity index (χ2v) is 5.32. The Labute approximate surface area is 115 Å². The van der Waals surface area contributed by atoms with E-state index in [2.05, 4.69) is 27.3 Å². The summed E-state index contributed by atoms with van der Waals surface area (Å²) in [5.74, 6) is 0. The van der Waals surface area contributed by atoms with Gasteiger partial charge in [-0.05, 0) is 31.5 Å². The average Bonchev–Trinajstić information content (AvgIpc) is 2.35. The Balaban J connectivity index is 2.09. The van der Waals surface area contributed by atoms with Crippen LogP contribution in [0.5, 0.6) is 0 Å². The third-order valence-electron chi connectivity index (χ3n) is 3.11. The van der Waals surface area contributed by atoms with E-state index in [1.807, 2.05) is 19.1 Å². The number of nitrogens with zero attached hydrogens (tertiary/aromatic N) is 1. The Bertz CT molecular complexity index is 470. The number of ether oxygens (including phenoxy) is 1. The van der Waals surface area contributed by atoms with E-state index in [4.69, 9.17) is 15.7 Å². The number of benzene rings is 1. The zero-order valence-electron chi connectivity index (χ0n) is 10.2. The molecular formula is C13H16BrN3O. The number of rotatable bonds is 4. The van der Waals surface area contributed by atoms with E-state index < -0.39 is 0 Å². The quantitative estimate of drug-likeness (QED) is 0.895. The van der Waals surface area contributed by atoms with E-state index in [0.717, 1.165) is 16.6 Å². The Morgan fingerprint density at radius 2 is 2.33 bits per heavy atom. The standard InChI is InChI=1S/C13H16BrN3O/c1-2-18-12-6-11(16)13(12)17-10-4-8(7-15)3-9(14)5-10/h3-5,11-13,17H,2,6,16H2,1H3. The smallest absolute Gasteiger partial charge is 0.0992 e. The lowest BCUT2D eigenvalue weighted by Gasteiger charge is -2.43. The van der Waals surface area contributed by atoms with Crippen LogP contribution in [0.1, 0.15) is 18.9 Å². The lowest BCUT2D eigenvalue weighted by molar-refractivity contribution is -0.0126. The maximum atomic E-state index is 8.93. The molecule has 1 aliphatic carbocycles.